The predicted molar refractivity (Wildman–Crippen MR) is 103 cm³/mol. The number of halogens is 2. The SMILES string of the molecule is CC1=CCC(OC(C)C)([Si](C)(C)C2=[C-]CC=C2)C(C(C)(C)C)=C1.[Cl-].[Cl-].[Ti+3]. The normalized spacial score (nSPS) is 22.6. The molecule has 0 spiro atoms. The van der Waals surface area contributed by atoms with Crippen molar-refractivity contribution in [3.63, 3.8) is 0 Å². The van der Waals surface area contributed by atoms with Gasteiger partial charge in [-0.15, -0.1) is 6.42 Å². The zero-order chi connectivity index (χ0) is 17.5. The molecule has 0 fully saturated rings. The van der Waals surface area contributed by atoms with Crippen molar-refractivity contribution < 1.29 is 51.3 Å². The molecular formula is C21H33Cl2OSiTi. The molecule has 2 aliphatic carbocycles. The van der Waals surface area contributed by atoms with Crippen molar-refractivity contribution in [1.29, 1.82) is 0 Å². The molecule has 2 aliphatic rings. The summed E-state index contributed by atoms with van der Waals surface area (Å²) in [5, 5.41) is 1.23. The van der Waals surface area contributed by atoms with Crippen molar-refractivity contribution in [2.75, 3.05) is 0 Å². The summed E-state index contributed by atoms with van der Waals surface area (Å²) in [4.78, 5) is 0. The fourth-order valence-electron chi connectivity index (χ4n) is 3.94. The molecule has 0 amide bonds. The Morgan fingerprint density at radius 1 is 1.19 bits per heavy atom. The standard InChI is InChI=1S/C21H33OSi.2ClH.Ti/c1-16(2)22-21(23(7,8)18-11-9-10-12-18)14-13-17(3)15-19(21)20(4,5)6;;;/h9,11,13,15-16H,10,14H2,1-8H3;2*1H;/q-1;;;+3/p-2. The van der Waals surface area contributed by atoms with E-state index in [0.29, 0.717) is 0 Å². The number of allylic oxidation sites excluding steroid dienone is 6. The Labute approximate surface area is 189 Å². The van der Waals surface area contributed by atoms with Gasteiger partial charge in [0.15, 0.2) is 0 Å². The maximum Gasteiger partial charge on any atom is 3.00 e. The van der Waals surface area contributed by atoms with Crippen LogP contribution in [0.2, 0.25) is 13.1 Å². The fourth-order valence-corrected chi connectivity index (χ4v) is 7.72. The van der Waals surface area contributed by atoms with E-state index in [2.05, 4.69) is 85.0 Å². The van der Waals surface area contributed by atoms with Crippen LogP contribution >= 0.6 is 0 Å². The molecule has 0 heterocycles. The molecule has 1 radical (unpaired) electrons. The predicted octanol–water partition coefficient (Wildman–Crippen LogP) is -0.0455. The van der Waals surface area contributed by atoms with Crippen molar-refractivity contribution in [1.82, 2.24) is 0 Å². The number of hydrogen-bond donors (Lipinski definition) is 0. The summed E-state index contributed by atoms with van der Waals surface area (Å²) in [5.74, 6) is 0. The first kappa shape index (κ1) is 28.6. The molecule has 0 aliphatic heterocycles. The van der Waals surface area contributed by atoms with Gasteiger partial charge < -0.3 is 29.6 Å². The zero-order valence-corrected chi connectivity index (χ0v) is 21.5. The Kier molecular flexibility index (Phi) is 11.3. The second-order valence-electron chi connectivity index (χ2n) is 8.78. The monoisotopic (exact) mass is 447 g/mol. The van der Waals surface area contributed by atoms with Crippen LogP contribution in [-0.2, 0) is 26.5 Å². The van der Waals surface area contributed by atoms with Gasteiger partial charge in [0, 0.05) is 0 Å². The van der Waals surface area contributed by atoms with Gasteiger partial charge in [0.2, 0.25) is 0 Å². The van der Waals surface area contributed by atoms with Crippen LogP contribution in [0.5, 0.6) is 0 Å². The van der Waals surface area contributed by atoms with Crippen molar-refractivity contribution in [2.24, 2.45) is 5.41 Å². The summed E-state index contributed by atoms with van der Waals surface area (Å²) in [7, 11) is -1.90. The van der Waals surface area contributed by atoms with Gasteiger partial charge in [-0.3, -0.25) is 6.08 Å². The van der Waals surface area contributed by atoms with Crippen LogP contribution in [0, 0.1) is 11.5 Å². The average molecular weight is 448 g/mol. The average Bonchev–Trinajstić information content (AvgIpc) is 2.93. The molecule has 1 unspecified atom stereocenters. The molecule has 2 rings (SSSR count). The molecule has 0 bridgehead atoms. The molecule has 26 heavy (non-hydrogen) atoms. The molecule has 0 N–H and O–H groups in total. The van der Waals surface area contributed by atoms with E-state index in [0.717, 1.165) is 12.8 Å². The molecule has 5 heteroatoms. The van der Waals surface area contributed by atoms with Crippen LogP contribution in [0.15, 0.2) is 40.6 Å². The minimum atomic E-state index is -1.90. The molecule has 145 valence electrons. The third-order valence-electron chi connectivity index (χ3n) is 5.14. The second-order valence-corrected chi connectivity index (χ2v) is 13.4. The minimum Gasteiger partial charge on any atom is -1.00 e. The molecule has 0 aromatic rings. The molecule has 0 aromatic carbocycles. The molecule has 1 nitrogen and oxygen atoms in total. The Hall–Kier alpha value is 0.431. The van der Waals surface area contributed by atoms with Gasteiger partial charge >= 0.3 is 21.7 Å². The van der Waals surface area contributed by atoms with Crippen LogP contribution in [-0.4, -0.2) is 19.4 Å². The largest absolute Gasteiger partial charge is 3.00 e. The Morgan fingerprint density at radius 2 is 1.77 bits per heavy atom. The van der Waals surface area contributed by atoms with Gasteiger partial charge in [0.1, 0.15) is 0 Å². The van der Waals surface area contributed by atoms with Crippen LogP contribution in [0.3, 0.4) is 0 Å². The van der Waals surface area contributed by atoms with Crippen LogP contribution in [0.4, 0.5) is 0 Å². The summed E-state index contributed by atoms with van der Waals surface area (Å²) >= 11 is 0. The van der Waals surface area contributed by atoms with Gasteiger partial charge in [-0.2, -0.15) is 6.08 Å². The Bertz CT molecular complexity index is 598. The first-order chi connectivity index (χ1) is 10.5. The second kappa shape index (κ2) is 10.3. The topological polar surface area (TPSA) is 9.23 Å². The molecule has 0 aromatic heterocycles. The van der Waals surface area contributed by atoms with Gasteiger partial charge in [-0.05, 0) is 38.2 Å². The number of ether oxygens (including phenoxy) is 1. The fraction of sp³-hybridized carbons (Fsp3) is 0.619. The van der Waals surface area contributed by atoms with Crippen LogP contribution < -0.4 is 24.8 Å². The van der Waals surface area contributed by atoms with E-state index in [1.54, 1.807) is 0 Å². The van der Waals surface area contributed by atoms with Gasteiger partial charge in [-0.25, -0.2) is 11.3 Å². The first-order valence-electron chi connectivity index (χ1n) is 8.86. The van der Waals surface area contributed by atoms with Crippen LogP contribution in [0.1, 0.15) is 54.4 Å². The number of rotatable bonds is 4. The van der Waals surface area contributed by atoms with Crippen LogP contribution in [0.25, 0.3) is 0 Å². The summed E-state index contributed by atoms with van der Waals surface area (Å²) < 4.78 is 6.80. The third kappa shape index (κ3) is 5.49. The maximum absolute atomic E-state index is 6.80. The van der Waals surface area contributed by atoms with E-state index >= 15 is 0 Å². The van der Waals surface area contributed by atoms with Gasteiger partial charge in [0.25, 0.3) is 0 Å². The zero-order valence-electron chi connectivity index (χ0n) is 17.5. The quantitative estimate of drug-likeness (QED) is 0.433. The molecular weight excluding hydrogens is 415 g/mol. The van der Waals surface area contributed by atoms with E-state index in [9.17, 15) is 0 Å². The van der Waals surface area contributed by atoms with E-state index in [1.807, 2.05) is 0 Å². The summed E-state index contributed by atoms with van der Waals surface area (Å²) in [6.07, 6.45) is 15.0. The Balaban J connectivity index is 0. The smallest absolute Gasteiger partial charge is 1.00 e. The van der Waals surface area contributed by atoms with Crippen molar-refractivity contribution in [2.45, 2.75) is 78.8 Å². The summed E-state index contributed by atoms with van der Waals surface area (Å²) in [6.45, 7) is 18.4. The summed E-state index contributed by atoms with van der Waals surface area (Å²) in [5.41, 5.74) is 2.92. The molecule has 0 saturated heterocycles. The van der Waals surface area contributed by atoms with Crippen molar-refractivity contribution in [3.8, 4) is 0 Å². The van der Waals surface area contributed by atoms with E-state index in [-0.39, 0.29) is 63.3 Å². The van der Waals surface area contributed by atoms with Gasteiger partial charge in [-0.1, -0.05) is 51.6 Å². The minimum absolute atomic E-state index is 0. The Morgan fingerprint density at radius 3 is 2.19 bits per heavy atom. The first-order valence-corrected chi connectivity index (χ1v) is 11.9. The molecule has 0 saturated carbocycles. The van der Waals surface area contributed by atoms with E-state index in [1.165, 1.54) is 16.3 Å². The van der Waals surface area contributed by atoms with E-state index < -0.39 is 8.07 Å². The van der Waals surface area contributed by atoms with Crippen molar-refractivity contribution >= 4 is 8.07 Å². The van der Waals surface area contributed by atoms with Crippen molar-refractivity contribution in [3.05, 3.63) is 46.7 Å². The van der Waals surface area contributed by atoms with Gasteiger partial charge in [0.05, 0.1) is 19.4 Å². The maximum atomic E-state index is 6.80. The summed E-state index contributed by atoms with van der Waals surface area (Å²) in [6, 6.07) is 0. The molecule has 1 atom stereocenters. The number of hydrogen-bond acceptors (Lipinski definition) is 1. The third-order valence-corrected chi connectivity index (χ3v) is 9.44. The van der Waals surface area contributed by atoms with E-state index in [4.69, 9.17) is 4.74 Å².